The Morgan fingerprint density at radius 1 is 1.39 bits per heavy atom. The summed E-state index contributed by atoms with van der Waals surface area (Å²) in [6.45, 7) is 6.55. The van der Waals surface area contributed by atoms with Crippen LogP contribution in [0.2, 0.25) is 0 Å². The van der Waals surface area contributed by atoms with Gasteiger partial charge in [-0.05, 0) is 38.8 Å². The number of hydrogen-bond donors (Lipinski definition) is 1. The van der Waals surface area contributed by atoms with Crippen LogP contribution in [0.3, 0.4) is 0 Å². The van der Waals surface area contributed by atoms with Crippen molar-refractivity contribution in [1.29, 1.82) is 0 Å². The predicted octanol–water partition coefficient (Wildman–Crippen LogP) is 3.59. The Balaban J connectivity index is 1.42. The molecule has 8 heteroatoms. The Morgan fingerprint density at radius 3 is 3.04 bits per heavy atom. The van der Waals surface area contributed by atoms with Crippen molar-refractivity contribution in [3.63, 3.8) is 0 Å². The van der Waals surface area contributed by atoms with Crippen molar-refractivity contribution in [1.82, 2.24) is 19.7 Å². The van der Waals surface area contributed by atoms with Crippen LogP contribution >= 0.6 is 11.3 Å². The molecule has 1 fully saturated rings. The fourth-order valence-electron chi connectivity index (χ4n) is 3.62. The van der Waals surface area contributed by atoms with Crippen molar-refractivity contribution in [3.05, 3.63) is 41.7 Å². The number of pyridine rings is 1. The summed E-state index contributed by atoms with van der Waals surface area (Å²) in [5, 5.41) is 9.99. The molecule has 4 rings (SSSR count). The molecule has 1 amide bonds. The number of carbonyl (C=O) groups is 1. The van der Waals surface area contributed by atoms with Crippen LogP contribution in [0.1, 0.15) is 25.5 Å². The molecule has 146 valence electrons. The van der Waals surface area contributed by atoms with Crippen molar-refractivity contribution >= 4 is 28.2 Å². The van der Waals surface area contributed by atoms with E-state index in [0.717, 1.165) is 48.7 Å². The predicted molar refractivity (Wildman–Crippen MR) is 112 cm³/mol. The average molecular weight is 397 g/mol. The van der Waals surface area contributed by atoms with Gasteiger partial charge in [0, 0.05) is 42.5 Å². The van der Waals surface area contributed by atoms with Crippen LogP contribution in [-0.2, 0) is 11.3 Å². The Bertz CT molecular complexity index is 951. The van der Waals surface area contributed by atoms with Crippen molar-refractivity contribution in [3.8, 4) is 11.3 Å². The highest BCUT2D eigenvalue weighted by molar-refractivity contribution is 7.14. The standard InChI is InChI=1S/C20H24N6OS/c1-3-26-14(2)16(11-22-26)17-13-28-20(23-17)24-19(27)15-7-6-10-25(12-15)18-8-4-5-9-21-18/h4-5,8-9,11,13,15H,3,6-7,10,12H2,1-2H3,(H,23,24,27). The van der Waals surface area contributed by atoms with Gasteiger partial charge < -0.3 is 10.2 Å². The minimum absolute atomic E-state index is 0.0301. The third-order valence-electron chi connectivity index (χ3n) is 5.18. The Kier molecular flexibility index (Phi) is 5.38. The summed E-state index contributed by atoms with van der Waals surface area (Å²) in [7, 11) is 0. The zero-order valence-corrected chi connectivity index (χ0v) is 16.9. The molecular formula is C20H24N6OS. The molecule has 0 aromatic carbocycles. The highest BCUT2D eigenvalue weighted by Crippen LogP contribution is 2.28. The maximum atomic E-state index is 12.8. The van der Waals surface area contributed by atoms with Gasteiger partial charge in [0.2, 0.25) is 5.91 Å². The zero-order valence-electron chi connectivity index (χ0n) is 16.1. The van der Waals surface area contributed by atoms with Crippen LogP contribution in [0, 0.1) is 12.8 Å². The maximum absolute atomic E-state index is 12.8. The van der Waals surface area contributed by atoms with Crippen molar-refractivity contribution < 1.29 is 4.79 Å². The molecule has 3 aromatic heterocycles. The summed E-state index contributed by atoms with van der Waals surface area (Å²) < 4.78 is 1.95. The molecule has 4 heterocycles. The molecule has 1 N–H and O–H groups in total. The van der Waals surface area contributed by atoms with E-state index >= 15 is 0 Å². The molecule has 0 aliphatic carbocycles. The Labute approximate surface area is 168 Å². The summed E-state index contributed by atoms with van der Waals surface area (Å²) >= 11 is 1.45. The fourth-order valence-corrected chi connectivity index (χ4v) is 4.33. The SMILES string of the molecule is CCn1ncc(-c2csc(NC(=O)C3CCCN(c4ccccn4)C3)n2)c1C. The fraction of sp³-hybridized carbons (Fsp3) is 0.400. The van der Waals surface area contributed by atoms with Crippen LogP contribution in [-0.4, -0.2) is 38.7 Å². The molecule has 1 aliphatic heterocycles. The minimum Gasteiger partial charge on any atom is -0.356 e. The number of carbonyl (C=O) groups excluding carboxylic acids is 1. The van der Waals surface area contributed by atoms with E-state index in [1.54, 1.807) is 6.20 Å². The van der Waals surface area contributed by atoms with Gasteiger partial charge in [0.15, 0.2) is 5.13 Å². The smallest absolute Gasteiger partial charge is 0.231 e. The van der Waals surface area contributed by atoms with E-state index in [-0.39, 0.29) is 11.8 Å². The molecule has 1 saturated heterocycles. The number of nitrogens with zero attached hydrogens (tertiary/aromatic N) is 5. The molecule has 0 bridgehead atoms. The number of piperidine rings is 1. The summed E-state index contributed by atoms with van der Waals surface area (Å²) in [6.07, 6.45) is 5.49. The van der Waals surface area contributed by atoms with Crippen LogP contribution in [0.25, 0.3) is 11.3 Å². The normalized spacial score (nSPS) is 16.9. The largest absolute Gasteiger partial charge is 0.356 e. The van der Waals surface area contributed by atoms with Crippen molar-refractivity contribution in [2.75, 3.05) is 23.3 Å². The number of aryl methyl sites for hydroxylation is 1. The topological polar surface area (TPSA) is 75.9 Å². The van der Waals surface area contributed by atoms with Gasteiger partial charge in [0.05, 0.1) is 17.8 Å². The molecular weight excluding hydrogens is 372 g/mol. The molecule has 1 unspecified atom stereocenters. The number of nitrogens with one attached hydrogen (secondary N) is 1. The first-order valence-corrected chi connectivity index (χ1v) is 10.5. The van der Waals surface area contributed by atoms with E-state index in [4.69, 9.17) is 0 Å². The molecule has 0 saturated carbocycles. The lowest BCUT2D eigenvalue weighted by Gasteiger charge is -2.32. The summed E-state index contributed by atoms with van der Waals surface area (Å²) in [4.78, 5) is 24.0. The second-order valence-electron chi connectivity index (χ2n) is 6.96. The lowest BCUT2D eigenvalue weighted by Crippen LogP contribution is -2.41. The van der Waals surface area contributed by atoms with Gasteiger partial charge in [-0.1, -0.05) is 6.07 Å². The van der Waals surface area contributed by atoms with E-state index < -0.39 is 0 Å². The maximum Gasteiger partial charge on any atom is 0.231 e. The molecule has 28 heavy (non-hydrogen) atoms. The average Bonchev–Trinajstić information content (AvgIpc) is 3.34. The van der Waals surface area contributed by atoms with Crippen LogP contribution in [0.5, 0.6) is 0 Å². The first-order chi connectivity index (χ1) is 13.7. The number of rotatable bonds is 5. The van der Waals surface area contributed by atoms with Crippen LogP contribution in [0.4, 0.5) is 10.9 Å². The van der Waals surface area contributed by atoms with E-state index in [9.17, 15) is 4.79 Å². The first-order valence-electron chi connectivity index (χ1n) is 9.61. The zero-order chi connectivity index (χ0) is 19.5. The Morgan fingerprint density at radius 2 is 2.29 bits per heavy atom. The molecule has 3 aromatic rings. The molecule has 1 atom stereocenters. The van der Waals surface area contributed by atoms with E-state index in [2.05, 4.69) is 32.2 Å². The van der Waals surface area contributed by atoms with Gasteiger partial charge in [0.1, 0.15) is 5.82 Å². The molecule has 7 nitrogen and oxygen atoms in total. The minimum atomic E-state index is -0.0623. The highest BCUT2D eigenvalue weighted by atomic mass is 32.1. The summed E-state index contributed by atoms with van der Waals surface area (Å²) in [6, 6.07) is 5.88. The van der Waals surface area contributed by atoms with E-state index in [0.29, 0.717) is 11.7 Å². The second-order valence-corrected chi connectivity index (χ2v) is 7.82. The highest BCUT2D eigenvalue weighted by Gasteiger charge is 2.27. The molecule has 1 aliphatic rings. The van der Waals surface area contributed by atoms with Crippen molar-refractivity contribution in [2.45, 2.75) is 33.2 Å². The molecule has 0 radical (unpaired) electrons. The van der Waals surface area contributed by atoms with E-state index in [1.807, 2.05) is 41.4 Å². The monoisotopic (exact) mass is 396 g/mol. The van der Waals surface area contributed by atoms with E-state index in [1.165, 1.54) is 11.3 Å². The van der Waals surface area contributed by atoms with Crippen molar-refractivity contribution in [2.24, 2.45) is 5.92 Å². The van der Waals surface area contributed by atoms with Gasteiger partial charge in [-0.2, -0.15) is 5.10 Å². The Hall–Kier alpha value is -2.74. The molecule has 0 spiro atoms. The van der Waals surface area contributed by atoms with Gasteiger partial charge >= 0.3 is 0 Å². The number of amides is 1. The number of aromatic nitrogens is 4. The number of thiazole rings is 1. The first kappa shape index (κ1) is 18.6. The van der Waals surface area contributed by atoms with Gasteiger partial charge in [-0.15, -0.1) is 11.3 Å². The summed E-state index contributed by atoms with van der Waals surface area (Å²) in [5.41, 5.74) is 2.96. The van der Waals surface area contributed by atoms with Crippen LogP contribution in [0.15, 0.2) is 36.0 Å². The van der Waals surface area contributed by atoms with Gasteiger partial charge in [-0.3, -0.25) is 9.48 Å². The number of hydrogen-bond acceptors (Lipinski definition) is 6. The van der Waals surface area contributed by atoms with Gasteiger partial charge in [-0.25, -0.2) is 9.97 Å². The van der Waals surface area contributed by atoms with Crippen LogP contribution < -0.4 is 10.2 Å². The third kappa shape index (κ3) is 3.77. The number of anilines is 2. The van der Waals surface area contributed by atoms with Gasteiger partial charge in [0.25, 0.3) is 0 Å². The second kappa shape index (κ2) is 8.10. The lowest BCUT2D eigenvalue weighted by atomic mass is 9.97. The quantitative estimate of drug-likeness (QED) is 0.713. The lowest BCUT2D eigenvalue weighted by molar-refractivity contribution is -0.120. The third-order valence-corrected chi connectivity index (χ3v) is 5.94. The summed E-state index contributed by atoms with van der Waals surface area (Å²) in [5.74, 6) is 0.898.